The van der Waals surface area contributed by atoms with Crippen molar-refractivity contribution in [2.45, 2.75) is 6.04 Å². The molecule has 11 heavy (non-hydrogen) atoms. The number of ether oxygens (including phenoxy) is 1. The molecule has 0 saturated carbocycles. The highest BCUT2D eigenvalue weighted by molar-refractivity contribution is 7.98. The second kappa shape index (κ2) is 5.88. The molecule has 0 aromatic carbocycles. The van der Waals surface area contributed by atoms with Gasteiger partial charge in [0.2, 0.25) is 0 Å². The van der Waals surface area contributed by atoms with Gasteiger partial charge in [0.1, 0.15) is 6.04 Å². The predicted molar refractivity (Wildman–Crippen MR) is 43.3 cm³/mol. The van der Waals surface area contributed by atoms with Crippen molar-refractivity contribution in [3.63, 3.8) is 0 Å². The highest BCUT2D eigenvalue weighted by Gasteiger charge is 2.15. The Hall–Kier alpha value is -0.870. The summed E-state index contributed by atoms with van der Waals surface area (Å²) in [6.07, 6.45) is 1.82. The van der Waals surface area contributed by atoms with Crippen LogP contribution in [-0.2, 0) is 9.53 Å². The average Bonchev–Trinajstić information content (AvgIpc) is 2.03. The standard InChI is InChI=1S/C5H9N3O2S/c1-10-5(9)4(3-11-2)7-8-6/h4H,3H2,1-2H3. The van der Waals surface area contributed by atoms with Crippen molar-refractivity contribution in [1.29, 1.82) is 0 Å². The van der Waals surface area contributed by atoms with Crippen LogP contribution < -0.4 is 0 Å². The van der Waals surface area contributed by atoms with Crippen LogP contribution in [0.25, 0.3) is 10.4 Å². The minimum Gasteiger partial charge on any atom is -0.469 e. The highest BCUT2D eigenvalue weighted by Crippen LogP contribution is 2.03. The number of hydrogen-bond donors (Lipinski definition) is 0. The van der Waals surface area contributed by atoms with E-state index in [2.05, 4.69) is 14.8 Å². The van der Waals surface area contributed by atoms with Gasteiger partial charge in [-0.25, -0.2) is 0 Å². The van der Waals surface area contributed by atoms with Gasteiger partial charge in [0.25, 0.3) is 0 Å². The Labute approximate surface area is 68.7 Å². The van der Waals surface area contributed by atoms with Gasteiger partial charge in [-0.1, -0.05) is 5.11 Å². The first-order valence-corrected chi connectivity index (χ1v) is 4.26. The summed E-state index contributed by atoms with van der Waals surface area (Å²) in [7, 11) is 1.27. The molecule has 0 aliphatic carbocycles. The number of nitrogens with zero attached hydrogens (tertiary/aromatic N) is 3. The lowest BCUT2D eigenvalue weighted by atomic mass is 10.4. The molecule has 0 N–H and O–H groups in total. The van der Waals surface area contributed by atoms with Crippen LogP contribution in [0, 0.1) is 0 Å². The summed E-state index contributed by atoms with van der Waals surface area (Å²) >= 11 is 1.43. The van der Waals surface area contributed by atoms with E-state index >= 15 is 0 Å². The second-order valence-electron chi connectivity index (χ2n) is 1.70. The number of carbonyl (C=O) groups is 1. The largest absolute Gasteiger partial charge is 0.469 e. The van der Waals surface area contributed by atoms with Crippen LogP contribution in [-0.4, -0.2) is 31.1 Å². The minimum atomic E-state index is -0.694. The third kappa shape index (κ3) is 3.75. The lowest BCUT2D eigenvalue weighted by molar-refractivity contribution is -0.141. The molecule has 0 saturated heterocycles. The van der Waals surface area contributed by atoms with Gasteiger partial charge in [-0.15, -0.1) is 0 Å². The molecule has 0 aliphatic rings. The van der Waals surface area contributed by atoms with Crippen LogP contribution in [0.2, 0.25) is 0 Å². The van der Waals surface area contributed by atoms with Crippen molar-refractivity contribution < 1.29 is 9.53 Å². The van der Waals surface area contributed by atoms with E-state index in [0.717, 1.165) is 0 Å². The molecule has 0 bridgehead atoms. The summed E-state index contributed by atoms with van der Waals surface area (Å²) in [5.74, 6) is -0.0337. The Morgan fingerprint density at radius 1 is 1.91 bits per heavy atom. The Bertz CT molecular complexity index is 179. The van der Waals surface area contributed by atoms with E-state index in [-0.39, 0.29) is 0 Å². The zero-order valence-electron chi connectivity index (χ0n) is 6.35. The lowest BCUT2D eigenvalue weighted by Gasteiger charge is -2.04. The summed E-state index contributed by atoms with van der Waals surface area (Å²) < 4.78 is 4.40. The molecule has 62 valence electrons. The van der Waals surface area contributed by atoms with Gasteiger partial charge in [0.05, 0.1) is 7.11 Å². The number of esters is 1. The first-order chi connectivity index (χ1) is 5.26. The fourth-order valence-electron chi connectivity index (χ4n) is 0.505. The SMILES string of the molecule is COC(=O)C(CSC)N=[N+]=[N-]. The zero-order valence-corrected chi connectivity index (χ0v) is 7.17. The molecule has 1 unspecified atom stereocenters. The van der Waals surface area contributed by atoms with Gasteiger partial charge in [0.15, 0.2) is 0 Å². The quantitative estimate of drug-likeness (QED) is 0.279. The number of azide groups is 1. The van der Waals surface area contributed by atoms with E-state index in [4.69, 9.17) is 5.53 Å². The molecule has 0 rings (SSSR count). The van der Waals surface area contributed by atoms with E-state index in [1.807, 2.05) is 6.26 Å². The maximum atomic E-state index is 10.8. The number of methoxy groups -OCH3 is 1. The first kappa shape index (κ1) is 10.1. The Morgan fingerprint density at radius 3 is 2.91 bits per heavy atom. The Balaban J connectivity index is 4.08. The van der Waals surface area contributed by atoms with Gasteiger partial charge >= 0.3 is 5.97 Å². The minimum absolute atomic E-state index is 0.455. The van der Waals surface area contributed by atoms with Crippen molar-refractivity contribution in [3.05, 3.63) is 10.4 Å². The van der Waals surface area contributed by atoms with Crippen molar-refractivity contribution >= 4 is 17.7 Å². The summed E-state index contributed by atoms with van der Waals surface area (Å²) in [5, 5.41) is 3.27. The van der Waals surface area contributed by atoms with E-state index in [0.29, 0.717) is 5.75 Å². The molecule has 0 spiro atoms. The molecule has 0 radical (unpaired) electrons. The molecular weight excluding hydrogens is 166 g/mol. The normalized spacial score (nSPS) is 11.5. The van der Waals surface area contributed by atoms with Crippen LogP contribution >= 0.6 is 11.8 Å². The van der Waals surface area contributed by atoms with Crippen molar-refractivity contribution in [3.8, 4) is 0 Å². The van der Waals surface area contributed by atoms with E-state index in [1.165, 1.54) is 18.9 Å². The molecule has 0 amide bonds. The van der Waals surface area contributed by atoms with Crippen LogP contribution in [0.3, 0.4) is 0 Å². The summed E-state index contributed by atoms with van der Waals surface area (Å²) in [4.78, 5) is 13.3. The van der Waals surface area contributed by atoms with Crippen LogP contribution in [0.5, 0.6) is 0 Å². The van der Waals surface area contributed by atoms with Crippen LogP contribution in [0.1, 0.15) is 0 Å². The molecule has 5 nitrogen and oxygen atoms in total. The first-order valence-electron chi connectivity index (χ1n) is 2.87. The van der Waals surface area contributed by atoms with Gasteiger partial charge in [0, 0.05) is 10.7 Å². The van der Waals surface area contributed by atoms with Crippen molar-refractivity contribution in [1.82, 2.24) is 0 Å². The average molecular weight is 175 g/mol. The summed E-state index contributed by atoms with van der Waals surface area (Å²) in [6.45, 7) is 0. The smallest absolute Gasteiger partial charge is 0.315 e. The van der Waals surface area contributed by atoms with Gasteiger partial charge in [-0.05, 0) is 11.8 Å². The molecule has 0 aliphatic heterocycles. The Morgan fingerprint density at radius 2 is 2.55 bits per heavy atom. The van der Waals surface area contributed by atoms with Crippen LogP contribution in [0.15, 0.2) is 5.11 Å². The molecule has 1 atom stereocenters. The maximum Gasteiger partial charge on any atom is 0.315 e. The van der Waals surface area contributed by atoms with Gasteiger partial charge in [-0.3, -0.25) is 4.79 Å². The van der Waals surface area contributed by atoms with Crippen molar-refractivity contribution in [2.75, 3.05) is 19.1 Å². The van der Waals surface area contributed by atoms with Crippen molar-refractivity contribution in [2.24, 2.45) is 5.11 Å². The number of rotatable bonds is 4. The fraction of sp³-hybridized carbons (Fsp3) is 0.800. The summed E-state index contributed by atoms with van der Waals surface area (Å²) in [6, 6.07) is -0.694. The third-order valence-electron chi connectivity index (χ3n) is 0.989. The number of thioether (sulfide) groups is 1. The monoisotopic (exact) mass is 175 g/mol. The molecule has 0 heterocycles. The number of carbonyl (C=O) groups excluding carboxylic acids is 1. The second-order valence-corrected chi connectivity index (χ2v) is 2.61. The fourth-order valence-corrected chi connectivity index (χ4v) is 1.02. The lowest BCUT2D eigenvalue weighted by Crippen LogP contribution is -2.21. The van der Waals surface area contributed by atoms with E-state index in [1.54, 1.807) is 0 Å². The number of hydrogen-bond acceptors (Lipinski definition) is 4. The van der Waals surface area contributed by atoms with Gasteiger partial charge in [-0.2, -0.15) is 11.8 Å². The molecule has 6 heteroatoms. The molecule has 0 aromatic rings. The van der Waals surface area contributed by atoms with Crippen LogP contribution in [0.4, 0.5) is 0 Å². The zero-order chi connectivity index (χ0) is 8.69. The maximum absolute atomic E-state index is 10.8. The molecular formula is C5H9N3O2S. The Kier molecular flexibility index (Phi) is 5.42. The highest BCUT2D eigenvalue weighted by atomic mass is 32.2. The molecule has 0 fully saturated rings. The molecule has 0 aromatic heterocycles. The van der Waals surface area contributed by atoms with E-state index < -0.39 is 12.0 Å². The predicted octanol–water partition coefficient (Wildman–Crippen LogP) is 1.20. The summed E-state index contributed by atoms with van der Waals surface area (Å²) in [5.41, 5.74) is 8.05. The van der Waals surface area contributed by atoms with Gasteiger partial charge < -0.3 is 4.74 Å². The third-order valence-corrected chi connectivity index (χ3v) is 1.64. The topological polar surface area (TPSA) is 75.1 Å². The van der Waals surface area contributed by atoms with E-state index in [9.17, 15) is 4.79 Å².